The second kappa shape index (κ2) is 8.63. The van der Waals surface area contributed by atoms with Crippen molar-refractivity contribution in [3.8, 4) is 0 Å². The molecule has 1 rings (SSSR count). The quantitative estimate of drug-likeness (QED) is 0.671. The average molecular weight is 283 g/mol. The third kappa shape index (κ3) is 6.23. The lowest BCUT2D eigenvalue weighted by atomic mass is 9.96. The van der Waals surface area contributed by atoms with Crippen molar-refractivity contribution in [3.63, 3.8) is 0 Å². The zero-order valence-electron chi connectivity index (χ0n) is 13.6. The molecule has 0 radical (unpaired) electrons. The summed E-state index contributed by atoms with van der Waals surface area (Å²) in [5.74, 6) is 0.835. The van der Waals surface area contributed by atoms with Crippen LogP contribution >= 0.6 is 0 Å². The monoisotopic (exact) mass is 283 g/mol. The molecular weight excluding hydrogens is 250 g/mol. The van der Waals surface area contributed by atoms with E-state index in [1.807, 2.05) is 6.92 Å². The van der Waals surface area contributed by atoms with Crippen LogP contribution in [0.25, 0.3) is 0 Å². The summed E-state index contributed by atoms with van der Waals surface area (Å²) in [6, 6.07) is 0. The van der Waals surface area contributed by atoms with Gasteiger partial charge in [0, 0.05) is 13.1 Å². The fourth-order valence-corrected chi connectivity index (χ4v) is 2.99. The highest BCUT2D eigenvalue weighted by molar-refractivity contribution is 5.85. The molecule has 4 heteroatoms. The van der Waals surface area contributed by atoms with E-state index < -0.39 is 5.54 Å². The fourth-order valence-electron chi connectivity index (χ4n) is 2.99. The van der Waals surface area contributed by atoms with E-state index in [4.69, 9.17) is 5.73 Å². The van der Waals surface area contributed by atoms with E-state index in [2.05, 4.69) is 24.1 Å². The summed E-state index contributed by atoms with van der Waals surface area (Å²) in [5, 5.41) is 2.97. The first kappa shape index (κ1) is 17.4. The van der Waals surface area contributed by atoms with Gasteiger partial charge in [-0.2, -0.15) is 0 Å². The lowest BCUT2D eigenvalue weighted by molar-refractivity contribution is -0.126. The molecule has 0 aromatic carbocycles. The molecule has 2 unspecified atom stereocenters. The molecule has 1 amide bonds. The second-order valence-corrected chi connectivity index (χ2v) is 6.68. The summed E-state index contributed by atoms with van der Waals surface area (Å²) in [6.07, 6.45) is 6.58. The van der Waals surface area contributed by atoms with Gasteiger partial charge in [0.1, 0.15) is 0 Å². The summed E-state index contributed by atoms with van der Waals surface area (Å²) < 4.78 is 0. The third-order valence-electron chi connectivity index (χ3n) is 4.22. The molecule has 4 nitrogen and oxygen atoms in total. The van der Waals surface area contributed by atoms with Crippen LogP contribution in [-0.2, 0) is 4.79 Å². The highest BCUT2D eigenvalue weighted by Crippen LogP contribution is 2.15. The minimum Gasteiger partial charge on any atom is -0.355 e. The maximum atomic E-state index is 11.9. The van der Waals surface area contributed by atoms with Gasteiger partial charge in [0.05, 0.1) is 5.54 Å². The van der Waals surface area contributed by atoms with E-state index in [9.17, 15) is 4.79 Å². The number of nitrogens with two attached hydrogens (primary N) is 1. The first-order valence-electron chi connectivity index (χ1n) is 8.25. The Morgan fingerprint density at radius 3 is 2.85 bits per heavy atom. The topological polar surface area (TPSA) is 58.4 Å². The van der Waals surface area contributed by atoms with Crippen LogP contribution in [0.1, 0.15) is 59.3 Å². The van der Waals surface area contributed by atoms with Crippen molar-refractivity contribution in [1.82, 2.24) is 10.2 Å². The van der Waals surface area contributed by atoms with E-state index in [-0.39, 0.29) is 5.91 Å². The number of piperidine rings is 1. The molecule has 1 fully saturated rings. The summed E-state index contributed by atoms with van der Waals surface area (Å²) in [7, 11) is 0. The first-order valence-corrected chi connectivity index (χ1v) is 8.25. The molecule has 3 N–H and O–H groups in total. The molecule has 0 aromatic heterocycles. The number of carbonyl (C=O) groups is 1. The smallest absolute Gasteiger partial charge is 0.239 e. The molecule has 1 saturated heterocycles. The second-order valence-electron chi connectivity index (χ2n) is 6.68. The van der Waals surface area contributed by atoms with Gasteiger partial charge in [0.2, 0.25) is 5.91 Å². The Bertz CT molecular complexity index is 291. The normalized spacial score (nSPS) is 23.3. The number of unbranched alkanes of at least 4 members (excludes halogenated alkanes) is 1. The van der Waals surface area contributed by atoms with E-state index >= 15 is 0 Å². The number of nitrogens with one attached hydrogen (secondary N) is 1. The van der Waals surface area contributed by atoms with Crippen LogP contribution in [0.3, 0.4) is 0 Å². The van der Waals surface area contributed by atoms with Gasteiger partial charge in [-0.3, -0.25) is 4.79 Å². The summed E-state index contributed by atoms with van der Waals surface area (Å²) >= 11 is 0. The van der Waals surface area contributed by atoms with E-state index in [0.717, 1.165) is 44.7 Å². The molecule has 118 valence electrons. The van der Waals surface area contributed by atoms with Crippen molar-refractivity contribution >= 4 is 5.91 Å². The number of nitrogens with zero attached hydrogens (tertiary/aromatic N) is 1. The number of amides is 1. The number of hydrogen-bond acceptors (Lipinski definition) is 3. The highest BCUT2D eigenvalue weighted by Gasteiger charge is 2.26. The molecule has 0 spiro atoms. The standard InChI is InChI=1S/C16H33N3O/c1-4-9-16(3,17)15(20)18-10-5-6-11-19-12-7-8-14(2)13-19/h14H,4-13,17H2,1-3H3,(H,18,20). The van der Waals surface area contributed by atoms with Gasteiger partial charge >= 0.3 is 0 Å². The zero-order valence-corrected chi connectivity index (χ0v) is 13.6. The Morgan fingerprint density at radius 2 is 2.20 bits per heavy atom. The number of hydrogen-bond donors (Lipinski definition) is 2. The molecular formula is C16H33N3O. The summed E-state index contributed by atoms with van der Waals surface area (Å²) in [6.45, 7) is 10.6. The Morgan fingerprint density at radius 1 is 1.45 bits per heavy atom. The molecule has 0 saturated carbocycles. The number of rotatable bonds is 8. The summed E-state index contributed by atoms with van der Waals surface area (Å²) in [4.78, 5) is 14.5. The number of likely N-dealkylation sites (tertiary alicyclic amines) is 1. The van der Waals surface area contributed by atoms with Crippen LogP contribution in [0.4, 0.5) is 0 Å². The predicted octanol–water partition coefficient (Wildman–Crippen LogP) is 2.13. The molecule has 1 heterocycles. The maximum Gasteiger partial charge on any atom is 0.239 e. The van der Waals surface area contributed by atoms with Crippen LogP contribution < -0.4 is 11.1 Å². The van der Waals surface area contributed by atoms with Gasteiger partial charge in [-0.15, -0.1) is 0 Å². The Kier molecular flexibility index (Phi) is 7.52. The molecule has 2 atom stereocenters. The SMILES string of the molecule is CCCC(C)(N)C(=O)NCCCCN1CCCC(C)C1. The number of carbonyl (C=O) groups excluding carboxylic acids is 1. The Labute approximate surface area is 124 Å². The minimum absolute atomic E-state index is 0.00838. The van der Waals surface area contributed by atoms with E-state index in [0.29, 0.717) is 0 Å². The van der Waals surface area contributed by atoms with Crippen molar-refractivity contribution in [3.05, 3.63) is 0 Å². The highest BCUT2D eigenvalue weighted by atomic mass is 16.2. The van der Waals surface area contributed by atoms with Crippen LogP contribution in [0.2, 0.25) is 0 Å². The Hall–Kier alpha value is -0.610. The van der Waals surface area contributed by atoms with Gasteiger partial charge < -0.3 is 16.0 Å². The lowest BCUT2D eigenvalue weighted by Gasteiger charge is -2.30. The van der Waals surface area contributed by atoms with Gasteiger partial charge in [-0.1, -0.05) is 20.3 Å². The van der Waals surface area contributed by atoms with Crippen molar-refractivity contribution in [2.75, 3.05) is 26.2 Å². The van der Waals surface area contributed by atoms with Gasteiger partial charge in [0.15, 0.2) is 0 Å². The molecule has 0 aliphatic carbocycles. The molecule has 0 bridgehead atoms. The minimum atomic E-state index is -0.711. The molecule has 1 aliphatic heterocycles. The average Bonchev–Trinajstić information content (AvgIpc) is 2.38. The Balaban J connectivity index is 2.08. The summed E-state index contributed by atoms with van der Waals surface area (Å²) in [5.41, 5.74) is 5.29. The van der Waals surface area contributed by atoms with Crippen molar-refractivity contribution in [2.24, 2.45) is 11.7 Å². The lowest BCUT2D eigenvalue weighted by Crippen LogP contribution is -2.51. The largest absolute Gasteiger partial charge is 0.355 e. The van der Waals surface area contributed by atoms with Crippen LogP contribution in [-0.4, -0.2) is 42.5 Å². The van der Waals surface area contributed by atoms with Gasteiger partial charge in [-0.25, -0.2) is 0 Å². The zero-order chi connectivity index (χ0) is 15.0. The molecule has 1 aliphatic rings. The van der Waals surface area contributed by atoms with Crippen LogP contribution in [0.5, 0.6) is 0 Å². The van der Waals surface area contributed by atoms with Gasteiger partial charge in [0.25, 0.3) is 0 Å². The first-order chi connectivity index (χ1) is 9.45. The van der Waals surface area contributed by atoms with E-state index in [1.54, 1.807) is 0 Å². The maximum absolute atomic E-state index is 11.9. The fraction of sp³-hybridized carbons (Fsp3) is 0.938. The van der Waals surface area contributed by atoms with Crippen molar-refractivity contribution < 1.29 is 4.79 Å². The molecule has 0 aromatic rings. The van der Waals surface area contributed by atoms with Crippen molar-refractivity contribution in [1.29, 1.82) is 0 Å². The predicted molar refractivity (Wildman–Crippen MR) is 84.6 cm³/mol. The van der Waals surface area contributed by atoms with E-state index in [1.165, 1.54) is 25.9 Å². The van der Waals surface area contributed by atoms with Crippen LogP contribution in [0, 0.1) is 5.92 Å². The van der Waals surface area contributed by atoms with Crippen molar-refractivity contribution in [2.45, 2.75) is 64.8 Å². The van der Waals surface area contributed by atoms with Crippen LogP contribution in [0.15, 0.2) is 0 Å². The third-order valence-corrected chi connectivity index (χ3v) is 4.22. The molecule has 20 heavy (non-hydrogen) atoms. The van der Waals surface area contributed by atoms with Gasteiger partial charge in [-0.05, 0) is 58.0 Å².